The monoisotopic (exact) mass is 744 g/mol. The number of allylic oxidation sites excluding steroid dienone is 4. The van der Waals surface area contributed by atoms with Crippen LogP contribution in [0.3, 0.4) is 0 Å². The third-order valence-corrected chi connectivity index (χ3v) is 12.0. The van der Waals surface area contributed by atoms with E-state index in [0.717, 1.165) is 0 Å². The summed E-state index contributed by atoms with van der Waals surface area (Å²) in [6, 6.07) is 0. The van der Waals surface area contributed by atoms with Crippen LogP contribution in [0.25, 0.3) is 0 Å². The fourth-order valence-electron chi connectivity index (χ4n) is 8.70. The van der Waals surface area contributed by atoms with Gasteiger partial charge < -0.3 is 74.7 Å². The second-order valence-electron chi connectivity index (χ2n) is 16.1. The quantitative estimate of drug-likeness (QED) is 0.0880. The van der Waals surface area contributed by atoms with E-state index in [4.69, 9.17) is 23.7 Å². The molecule has 3 aliphatic heterocycles. The smallest absolute Gasteiger partial charge is 0.207 e. The molecule has 0 amide bonds. The van der Waals surface area contributed by atoms with Crippen molar-refractivity contribution >= 4 is 5.78 Å². The van der Waals surface area contributed by atoms with Crippen LogP contribution >= 0.6 is 0 Å². The molecule has 3 heterocycles. The van der Waals surface area contributed by atoms with Crippen molar-refractivity contribution < 1.29 is 79.5 Å². The van der Waals surface area contributed by atoms with Crippen molar-refractivity contribution in [2.75, 3.05) is 13.2 Å². The Morgan fingerprint density at radius 2 is 1.40 bits per heavy atom. The van der Waals surface area contributed by atoms with Crippen LogP contribution < -0.4 is 0 Å². The number of rotatable bonds is 10. The van der Waals surface area contributed by atoms with Crippen LogP contribution in [0.15, 0.2) is 36.1 Å². The Morgan fingerprint density at radius 1 is 0.827 bits per heavy atom. The predicted octanol–water partition coefficient (Wildman–Crippen LogP) is -1.74. The van der Waals surface area contributed by atoms with Crippen molar-refractivity contribution in [3.05, 3.63) is 36.1 Å². The molecule has 17 atom stereocenters. The lowest BCUT2D eigenvalue weighted by molar-refractivity contribution is -0.352. The molecule has 5 rings (SSSR count). The number of carbonyl (C=O) groups excluding carboxylic acids is 1. The molecule has 0 spiro atoms. The van der Waals surface area contributed by atoms with Gasteiger partial charge in [0.2, 0.25) is 6.29 Å². The molecule has 10 N–H and O–H groups in total. The van der Waals surface area contributed by atoms with Crippen LogP contribution in [-0.2, 0) is 28.5 Å². The first-order chi connectivity index (χ1) is 24.2. The van der Waals surface area contributed by atoms with Gasteiger partial charge in [0.25, 0.3) is 0 Å². The Kier molecular flexibility index (Phi) is 12.2. The van der Waals surface area contributed by atoms with Gasteiger partial charge in [-0.05, 0) is 75.7 Å². The van der Waals surface area contributed by atoms with Gasteiger partial charge in [0.1, 0.15) is 60.0 Å². The van der Waals surface area contributed by atoms with E-state index in [1.54, 1.807) is 32.1 Å². The molecule has 16 nitrogen and oxygen atoms in total. The van der Waals surface area contributed by atoms with Crippen LogP contribution in [-0.4, -0.2) is 155 Å². The lowest BCUT2D eigenvalue weighted by atomic mass is 9.58. The van der Waals surface area contributed by atoms with Gasteiger partial charge in [-0.2, -0.15) is 0 Å². The first kappa shape index (κ1) is 41.3. The van der Waals surface area contributed by atoms with Gasteiger partial charge >= 0.3 is 0 Å². The molecule has 0 unspecified atom stereocenters. The molecule has 0 aromatic carbocycles. The Labute approximate surface area is 302 Å². The summed E-state index contributed by atoms with van der Waals surface area (Å²) < 4.78 is 28.9. The Balaban J connectivity index is 1.33. The molecular weight excluding hydrogens is 688 g/mol. The zero-order valence-corrected chi connectivity index (χ0v) is 30.1. The first-order valence-electron chi connectivity index (χ1n) is 17.8. The molecular formula is C36H56O16. The third kappa shape index (κ3) is 7.41. The van der Waals surface area contributed by atoms with Crippen LogP contribution in [0, 0.1) is 23.2 Å². The van der Waals surface area contributed by atoms with Crippen LogP contribution in [0.1, 0.15) is 60.3 Å². The molecule has 0 aromatic heterocycles. The fourth-order valence-corrected chi connectivity index (χ4v) is 8.70. The Morgan fingerprint density at radius 3 is 2.00 bits per heavy atom. The fraction of sp³-hybridized carbons (Fsp3) is 0.806. The first-order valence-corrected chi connectivity index (χ1v) is 17.8. The minimum atomic E-state index is -1.70. The molecule has 4 fully saturated rings. The van der Waals surface area contributed by atoms with Crippen molar-refractivity contribution in [3.8, 4) is 0 Å². The standard InChI is InChI=1S/C36H56O16/c1-17(7-11-36(47)33(2,3)9-6-10-35(36,5)52-32-29(45)27(43)25(41)22(16-38)50-32)13-20(39)19-14-34(4,46)23-18(19)8-12-48-30(23)51-31-28(44)26(42)24(40)21(15-37)49-31/h7-8,11-13,18-19,21-32,37-38,40-47H,6,9-10,14-16H2,1-5H3/b11-7+,17-13+/t18-,19+,21+,22+,23+,24+,25+,26-,27-,28+,29+,30-,31-,32-,34-,35+,36+/m0/s1. The van der Waals surface area contributed by atoms with Crippen molar-refractivity contribution in [1.29, 1.82) is 0 Å². The Bertz CT molecular complexity index is 1360. The van der Waals surface area contributed by atoms with Crippen LogP contribution in [0.4, 0.5) is 0 Å². The maximum Gasteiger partial charge on any atom is 0.207 e. The summed E-state index contributed by atoms with van der Waals surface area (Å²) in [7, 11) is 0. The van der Waals surface area contributed by atoms with Gasteiger partial charge in [-0.1, -0.05) is 19.9 Å². The number of carbonyl (C=O) groups is 1. The number of ether oxygens (including phenoxy) is 5. The average Bonchev–Trinajstić information content (AvgIpc) is 3.38. The van der Waals surface area contributed by atoms with Gasteiger partial charge in [-0.3, -0.25) is 4.79 Å². The Hall–Kier alpha value is -1.87. The molecule has 16 heteroatoms. The summed E-state index contributed by atoms with van der Waals surface area (Å²) in [5.41, 5.74) is -4.88. The van der Waals surface area contributed by atoms with Crippen LogP contribution in [0.5, 0.6) is 0 Å². The highest BCUT2D eigenvalue weighted by atomic mass is 16.8. The molecule has 0 radical (unpaired) electrons. The van der Waals surface area contributed by atoms with E-state index in [-0.39, 0.29) is 12.2 Å². The van der Waals surface area contributed by atoms with Gasteiger partial charge in [0.15, 0.2) is 18.4 Å². The maximum atomic E-state index is 13.8. The number of fused-ring (bicyclic) bond motifs is 1. The maximum absolute atomic E-state index is 13.8. The number of aliphatic hydroxyl groups is 10. The predicted molar refractivity (Wildman–Crippen MR) is 178 cm³/mol. The second-order valence-corrected chi connectivity index (χ2v) is 16.1. The molecule has 0 bridgehead atoms. The van der Waals surface area contributed by atoms with Gasteiger partial charge in [-0.15, -0.1) is 0 Å². The van der Waals surface area contributed by atoms with Gasteiger partial charge in [-0.25, -0.2) is 0 Å². The molecule has 52 heavy (non-hydrogen) atoms. The topological polar surface area (TPSA) is 266 Å². The normalized spacial score (nSPS) is 49.5. The number of aliphatic hydroxyl groups excluding tert-OH is 8. The van der Waals surface area contributed by atoms with E-state index >= 15 is 0 Å². The molecule has 2 aliphatic carbocycles. The van der Waals surface area contributed by atoms with E-state index in [2.05, 4.69) is 0 Å². The largest absolute Gasteiger partial charge is 0.472 e. The summed E-state index contributed by atoms with van der Waals surface area (Å²) >= 11 is 0. The number of hydrogen-bond acceptors (Lipinski definition) is 16. The molecule has 5 aliphatic rings. The number of hydrogen-bond donors (Lipinski definition) is 10. The minimum absolute atomic E-state index is 0.0267. The van der Waals surface area contributed by atoms with E-state index in [1.165, 1.54) is 19.3 Å². The highest BCUT2D eigenvalue weighted by Gasteiger charge is 2.61. The van der Waals surface area contributed by atoms with E-state index in [9.17, 15) is 55.9 Å². The van der Waals surface area contributed by atoms with Crippen molar-refractivity contribution in [1.82, 2.24) is 0 Å². The summed E-state index contributed by atoms with van der Waals surface area (Å²) in [6.45, 7) is 7.30. The van der Waals surface area contributed by atoms with E-state index in [0.29, 0.717) is 24.8 Å². The summed E-state index contributed by atoms with van der Waals surface area (Å²) in [4.78, 5) is 13.8. The van der Waals surface area contributed by atoms with E-state index < -0.39 is 121 Å². The number of ketones is 1. The lowest BCUT2D eigenvalue weighted by Crippen LogP contribution is -2.67. The van der Waals surface area contributed by atoms with Crippen LogP contribution in [0.2, 0.25) is 0 Å². The molecule has 2 saturated carbocycles. The zero-order valence-electron chi connectivity index (χ0n) is 30.1. The lowest BCUT2D eigenvalue weighted by Gasteiger charge is -2.57. The van der Waals surface area contributed by atoms with E-state index in [1.807, 2.05) is 13.8 Å². The second kappa shape index (κ2) is 15.3. The molecule has 0 aromatic rings. The summed E-state index contributed by atoms with van der Waals surface area (Å²) in [5, 5.41) is 105. The van der Waals surface area contributed by atoms with Gasteiger partial charge in [0, 0.05) is 11.8 Å². The van der Waals surface area contributed by atoms with Crippen molar-refractivity contribution in [2.24, 2.45) is 23.2 Å². The van der Waals surface area contributed by atoms with Gasteiger partial charge in [0.05, 0.1) is 31.0 Å². The highest BCUT2D eigenvalue weighted by molar-refractivity contribution is 5.93. The third-order valence-electron chi connectivity index (χ3n) is 12.0. The van der Waals surface area contributed by atoms with Crippen molar-refractivity contribution in [3.63, 3.8) is 0 Å². The summed E-state index contributed by atoms with van der Waals surface area (Å²) in [5.74, 6) is -2.43. The average molecular weight is 745 g/mol. The SMILES string of the molecule is CC(/C=C/[C@@]1(O)C(C)(C)CCC[C@@]1(C)O[C@@H]1O[C@H](CO)[C@@H](O)[C@H](O)[C@H]1O)=C\C(=O)[C@@H]1C[C@](C)(O)[C@H]2[C@H](O[C@@H]3O[C@H](CO)[C@@H](O)[C@H](O)[C@H]3O)OC=C[C@H]21. The molecule has 2 saturated heterocycles. The highest BCUT2D eigenvalue weighted by Crippen LogP contribution is 2.53. The van der Waals surface area contributed by atoms with Crippen molar-refractivity contribution in [2.45, 2.75) is 145 Å². The summed E-state index contributed by atoms with van der Waals surface area (Å²) in [6.07, 6.45) is -7.37. The minimum Gasteiger partial charge on any atom is -0.472 e. The molecule has 296 valence electrons. The zero-order chi connectivity index (χ0) is 38.6.